The Morgan fingerprint density at radius 1 is 0.593 bits per heavy atom. The number of hydrogen-bond donors (Lipinski definition) is 0. The summed E-state index contributed by atoms with van der Waals surface area (Å²) in [6.07, 6.45) is 18.5. The van der Waals surface area contributed by atoms with Gasteiger partial charge in [-0.25, -0.2) is 0 Å². The minimum absolute atomic E-state index is 0.611. The van der Waals surface area contributed by atoms with Crippen molar-refractivity contribution < 1.29 is 0 Å². The van der Waals surface area contributed by atoms with Gasteiger partial charge >= 0.3 is 0 Å². The zero-order valence-corrected chi connectivity index (χ0v) is 19.0. The SMILES string of the molecule is CC[C@H]1CC[C@H]2[C@H]1CC[C@]1(C)[C@@H]2CC[C@@H]2[C@H]3CCCC(C)(C)[C@@H]3CC[C@]21C. The predicted octanol–water partition coefficient (Wildman–Crippen LogP) is 8.11. The molecule has 5 aliphatic rings. The molecule has 0 heterocycles. The summed E-state index contributed by atoms with van der Waals surface area (Å²) in [7, 11) is 0. The van der Waals surface area contributed by atoms with E-state index in [2.05, 4.69) is 34.6 Å². The van der Waals surface area contributed by atoms with Crippen molar-refractivity contribution in [2.75, 3.05) is 0 Å². The van der Waals surface area contributed by atoms with Crippen LogP contribution in [0.1, 0.15) is 112 Å². The van der Waals surface area contributed by atoms with E-state index in [0.717, 1.165) is 41.4 Å². The molecule has 0 amide bonds. The first-order chi connectivity index (χ1) is 12.8. The molecule has 0 aliphatic heterocycles. The van der Waals surface area contributed by atoms with Crippen LogP contribution in [-0.2, 0) is 0 Å². The van der Waals surface area contributed by atoms with E-state index < -0.39 is 0 Å². The Balaban J connectivity index is 1.46. The molecule has 5 aliphatic carbocycles. The fourth-order valence-corrected chi connectivity index (χ4v) is 10.6. The molecule has 9 atom stereocenters. The summed E-state index contributed by atoms with van der Waals surface area (Å²) in [4.78, 5) is 0. The average molecular weight is 371 g/mol. The predicted molar refractivity (Wildman–Crippen MR) is 116 cm³/mol. The molecule has 5 rings (SSSR count). The van der Waals surface area contributed by atoms with Crippen LogP contribution in [0.3, 0.4) is 0 Å². The molecule has 0 radical (unpaired) electrons. The van der Waals surface area contributed by atoms with Gasteiger partial charge in [0, 0.05) is 0 Å². The van der Waals surface area contributed by atoms with Crippen LogP contribution in [0.2, 0.25) is 0 Å². The van der Waals surface area contributed by atoms with Crippen molar-refractivity contribution in [1.82, 2.24) is 0 Å². The van der Waals surface area contributed by atoms with Gasteiger partial charge in [0.05, 0.1) is 0 Å². The van der Waals surface area contributed by atoms with Gasteiger partial charge in [-0.2, -0.15) is 0 Å². The Morgan fingerprint density at radius 2 is 1.26 bits per heavy atom. The molecule has 0 spiro atoms. The second-order valence-electron chi connectivity index (χ2n) is 12.9. The minimum atomic E-state index is 0.611. The monoisotopic (exact) mass is 370 g/mol. The highest BCUT2D eigenvalue weighted by Gasteiger charge is 2.65. The third-order valence-corrected chi connectivity index (χ3v) is 12.2. The Bertz CT molecular complexity index is 575. The molecule has 0 aromatic rings. The van der Waals surface area contributed by atoms with Crippen molar-refractivity contribution >= 4 is 0 Å². The van der Waals surface area contributed by atoms with Gasteiger partial charge in [0.2, 0.25) is 0 Å². The van der Waals surface area contributed by atoms with Gasteiger partial charge in [-0.05, 0) is 122 Å². The molecule has 0 unspecified atom stereocenters. The van der Waals surface area contributed by atoms with Gasteiger partial charge < -0.3 is 0 Å². The van der Waals surface area contributed by atoms with Crippen molar-refractivity contribution in [3.63, 3.8) is 0 Å². The van der Waals surface area contributed by atoms with Crippen molar-refractivity contribution in [1.29, 1.82) is 0 Å². The van der Waals surface area contributed by atoms with Gasteiger partial charge in [0.15, 0.2) is 0 Å². The summed E-state index contributed by atoms with van der Waals surface area (Å²) in [5.41, 5.74) is 1.89. The molecular formula is C27H46. The standard InChI is InChI=1S/C27H46/c1-6-18-9-10-20-19(18)13-16-26(4)23(20)11-12-24-21-8-7-15-25(2,3)22(21)14-17-27(24,26)5/h18-24H,6-17H2,1-5H3/t18-,19-,20-,21-,22+,23+,24+,26+,27+/m0/s1. The molecule has 5 fully saturated rings. The minimum Gasteiger partial charge on any atom is -0.0651 e. The molecule has 0 bridgehead atoms. The number of rotatable bonds is 1. The lowest BCUT2D eigenvalue weighted by Gasteiger charge is -2.68. The molecule has 27 heavy (non-hydrogen) atoms. The molecule has 0 saturated heterocycles. The van der Waals surface area contributed by atoms with Crippen molar-refractivity contribution in [2.45, 2.75) is 112 Å². The number of fused-ring (bicyclic) bond motifs is 7. The van der Waals surface area contributed by atoms with Gasteiger partial charge in [-0.1, -0.05) is 47.5 Å². The Hall–Kier alpha value is 0. The van der Waals surface area contributed by atoms with E-state index in [-0.39, 0.29) is 0 Å². The summed E-state index contributed by atoms with van der Waals surface area (Å²) < 4.78 is 0. The van der Waals surface area contributed by atoms with Crippen molar-refractivity contribution in [3.8, 4) is 0 Å². The second-order valence-corrected chi connectivity index (χ2v) is 12.9. The van der Waals surface area contributed by atoms with Gasteiger partial charge in [0.1, 0.15) is 0 Å². The van der Waals surface area contributed by atoms with E-state index >= 15 is 0 Å². The van der Waals surface area contributed by atoms with E-state index in [9.17, 15) is 0 Å². The maximum Gasteiger partial charge on any atom is -0.0238 e. The molecule has 0 aromatic heterocycles. The van der Waals surface area contributed by atoms with E-state index in [1.807, 2.05) is 0 Å². The zero-order chi connectivity index (χ0) is 19.0. The lowest BCUT2D eigenvalue weighted by Crippen LogP contribution is -2.61. The highest BCUT2D eigenvalue weighted by Crippen LogP contribution is 2.73. The van der Waals surface area contributed by atoms with Gasteiger partial charge in [-0.15, -0.1) is 0 Å². The average Bonchev–Trinajstić information content (AvgIpc) is 3.04. The van der Waals surface area contributed by atoms with Crippen LogP contribution in [0.25, 0.3) is 0 Å². The second kappa shape index (κ2) is 6.25. The fraction of sp³-hybridized carbons (Fsp3) is 1.00. The zero-order valence-electron chi connectivity index (χ0n) is 19.0. The quantitative estimate of drug-likeness (QED) is 0.437. The normalized spacial score (nSPS) is 56.6. The van der Waals surface area contributed by atoms with Crippen LogP contribution in [0, 0.1) is 57.7 Å². The van der Waals surface area contributed by atoms with Crippen molar-refractivity contribution in [3.05, 3.63) is 0 Å². The van der Waals surface area contributed by atoms with Crippen LogP contribution in [0.15, 0.2) is 0 Å². The van der Waals surface area contributed by atoms with Crippen LogP contribution in [0.4, 0.5) is 0 Å². The Labute approximate surface area is 169 Å². The fourth-order valence-electron chi connectivity index (χ4n) is 10.6. The van der Waals surface area contributed by atoms with E-state index in [1.165, 1.54) is 19.3 Å². The first-order valence-corrected chi connectivity index (χ1v) is 12.8. The Kier molecular flexibility index (Phi) is 4.39. The molecule has 0 aromatic carbocycles. The third-order valence-electron chi connectivity index (χ3n) is 12.2. The molecular weight excluding hydrogens is 324 g/mol. The largest absolute Gasteiger partial charge is 0.0651 e. The molecule has 0 nitrogen and oxygen atoms in total. The molecule has 154 valence electrons. The van der Waals surface area contributed by atoms with Gasteiger partial charge in [0.25, 0.3) is 0 Å². The van der Waals surface area contributed by atoms with Crippen molar-refractivity contribution in [2.24, 2.45) is 57.7 Å². The van der Waals surface area contributed by atoms with E-state index in [1.54, 1.807) is 57.8 Å². The first kappa shape index (κ1) is 19.0. The van der Waals surface area contributed by atoms with Crippen LogP contribution in [-0.4, -0.2) is 0 Å². The summed E-state index contributed by atoms with van der Waals surface area (Å²) >= 11 is 0. The van der Waals surface area contributed by atoms with Crippen LogP contribution in [0.5, 0.6) is 0 Å². The lowest BCUT2D eigenvalue weighted by atomic mass is 9.36. The van der Waals surface area contributed by atoms with Gasteiger partial charge in [-0.3, -0.25) is 0 Å². The van der Waals surface area contributed by atoms with E-state index in [4.69, 9.17) is 0 Å². The molecule has 0 heteroatoms. The van der Waals surface area contributed by atoms with Crippen LogP contribution >= 0.6 is 0 Å². The highest BCUT2D eigenvalue weighted by molar-refractivity contribution is 5.13. The van der Waals surface area contributed by atoms with E-state index in [0.29, 0.717) is 16.2 Å². The topological polar surface area (TPSA) is 0 Å². The smallest absolute Gasteiger partial charge is 0.0238 e. The highest BCUT2D eigenvalue weighted by atomic mass is 14.7. The Morgan fingerprint density at radius 3 is 1.96 bits per heavy atom. The van der Waals surface area contributed by atoms with Crippen LogP contribution < -0.4 is 0 Å². The maximum absolute atomic E-state index is 2.80. The number of hydrogen-bond acceptors (Lipinski definition) is 0. The molecule has 5 saturated carbocycles. The first-order valence-electron chi connectivity index (χ1n) is 12.8. The molecule has 0 N–H and O–H groups in total. The maximum atomic E-state index is 2.80. The summed E-state index contributed by atoms with van der Waals surface area (Å²) in [6, 6.07) is 0. The third kappa shape index (κ3) is 2.46. The summed E-state index contributed by atoms with van der Waals surface area (Å²) in [6.45, 7) is 13.3. The summed E-state index contributed by atoms with van der Waals surface area (Å²) in [5.74, 6) is 7.43. The lowest BCUT2D eigenvalue weighted by molar-refractivity contribution is -0.196. The summed E-state index contributed by atoms with van der Waals surface area (Å²) in [5, 5.41) is 0.